The van der Waals surface area contributed by atoms with Crippen LogP contribution in [-0.4, -0.2) is 6.04 Å². The topological polar surface area (TPSA) is 26.0 Å². The minimum absolute atomic E-state index is 0.252. The number of allylic oxidation sites excluding steroid dienone is 1. The van der Waals surface area contributed by atoms with E-state index in [0.717, 1.165) is 6.42 Å². The van der Waals surface area contributed by atoms with Gasteiger partial charge in [0.05, 0.1) is 0 Å². The van der Waals surface area contributed by atoms with Crippen molar-refractivity contribution >= 4 is 0 Å². The highest BCUT2D eigenvalue weighted by atomic mass is 14.6. The van der Waals surface area contributed by atoms with E-state index in [0.29, 0.717) is 0 Å². The van der Waals surface area contributed by atoms with Crippen LogP contribution in [0.4, 0.5) is 0 Å². The van der Waals surface area contributed by atoms with Gasteiger partial charge in [0.15, 0.2) is 0 Å². The van der Waals surface area contributed by atoms with Crippen LogP contribution in [0.2, 0.25) is 0 Å². The molecular weight excluding hydrogens is 146 g/mol. The summed E-state index contributed by atoms with van der Waals surface area (Å²) in [4.78, 5) is 0. The third-order valence-corrected chi connectivity index (χ3v) is 2.12. The first kappa shape index (κ1) is 11.7. The van der Waals surface area contributed by atoms with Crippen LogP contribution < -0.4 is 5.73 Å². The van der Waals surface area contributed by atoms with Gasteiger partial charge in [-0.3, -0.25) is 0 Å². The lowest BCUT2D eigenvalue weighted by Crippen LogP contribution is -2.17. The zero-order valence-corrected chi connectivity index (χ0v) is 8.77. The maximum Gasteiger partial charge on any atom is 0.0224 e. The fourth-order valence-electron chi connectivity index (χ4n) is 1.36. The first-order valence-electron chi connectivity index (χ1n) is 5.16. The predicted molar refractivity (Wildman–Crippen MR) is 56.2 cm³/mol. The van der Waals surface area contributed by atoms with Crippen LogP contribution in [-0.2, 0) is 0 Å². The maximum atomic E-state index is 5.84. The first-order chi connectivity index (χ1) is 5.72. The van der Waals surface area contributed by atoms with Crippen LogP contribution in [0, 0.1) is 0 Å². The molecule has 0 radical (unpaired) electrons. The number of hydrogen-bond donors (Lipinski definition) is 1. The molecule has 0 amide bonds. The second kappa shape index (κ2) is 7.35. The van der Waals surface area contributed by atoms with Crippen LogP contribution in [0.3, 0.4) is 0 Å². The van der Waals surface area contributed by atoms with Crippen molar-refractivity contribution in [2.24, 2.45) is 5.73 Å². The second-order valence-corrected chi connectivity index (χ2v) is 3.43. The smallest absolute Gasteiger partial charge is 0.0224 e. The van der Waals surface area contributed by atoms with Gasteiger partial charge in [-0.1, -0.05) is 38.3 Å². The maximum absolute atomic E-state index is 5.84. The van der Waals surface area contributed by atoms with E-state index in [4.69, 9.17) is 5.73 Å². The Morgan fingerprint density at radius 3 is 2.42 bits per heavy atom. The standard InChI is InChI=1S/C11H23N/c1-4-6-7-9-11(8-5-2)10(3)12/h8,10H,4-7,9,12H2,1-3H3/b11-8+. The third kappa shape index (κ3) is 5.36. The number of rotatable bonds is 6. The molecule has 0 saturated heterocycles. The molecule has 0 aromatic carbocycles. The van der Waals surface area contributed by atoms with Crippen molar-refractivity contribution in [3.05, 3.63) is 11.6 Å². The van der Waals surface area contributed by atoms with Crippen LogP contribution in [0.1, 0.15) is 52.9 Å². The molecule has 0 bridgehead atoms. The normalized spacial score (nSPS) is 14.8. The molecule has 12 heavy (non-hydrogen) atoms. The highest BCUT2D eigenvalue weighted by Gasteiger charge is 2.01. The minimum atomic E-state index is 0.252. The molecule has 2 N–H and O–H groups in total. The number of hydrogen-bond acceptors (Lipinski definition) is 1. The molecule has 0 fully saturated rings. The van der Waals surface area contributed by atoms with E-state index in [-0.39, 0.29) is 6.04 Å². The van der Waals surface area contributed by atoms with Crippen LogP contribution in [0.5, 0.6) is 0 Å². The molecule has 0 aliphatic carbocycles. The molecule has 0 aliphatic rings. The summed E-state index contributed by atoms with van der Waals surface area (Å²) < 4.78 is 0. The Labute approximate surface area is 77.0 Å². The molecule has 72 valence electrons. The summed E-state index contributed by atoms with van der Waals surface area (Å²) in [6, 6.07) is 0.252. The number of nitrogens with two attached hydrogens (primary N) is 1. The van der Waals surface area contributed by atoms with Crippen molar-refractivity contribution in [2.75, 3.05) is 0 Å². The molecule has 1 nitrogen and oxygen atoms in total. The molecule has 0 aliphatic heterocycles. The molecule has 1 unspecified atom stereocenters. The Morgan fingerprint density at radius 2 is 2.00 bits per heavy atom. The van der Waals surface area contributed by atoms with Crippen molar-refractivity contribution in [1.82, 2.24) is 0 Å². The van der Waals surface area contributed by atoms with Gasteiger partial charge in [-0.2, -0.15) is 0 Å². The van der Waals surface area contributed by atoms with Crippen molar-refractivity contribution < 1.29 is 0 Å². The van der Waals surface area contributed by atoms with E-state index < -0.39 is 0 Å². The van der Waals surface area contributed by atoms with Crippen molar-refractivity contribution in [3.8, 4) is 0 Å². The molecule has 0 aromatic heterocycles. The van der Waals surface area contributed by atoms with E-state index >= 15 is 0 Å². The Hall–Kier alpha value is -0.300. The van der Waals surface area contributed by atoms with Gasteiger partial charge in [-0.05, 0) is 26.2 Å². The molecule has 0 rings (SSSR count). The average molecular weight is 169 g/mol. The summed E-state index contributed by atoms with van der Waals surface area (Å²) in [5.74, 6) is 0. The van der Waals surface area contributed by atoms with E-state index in [2.05, 4.69) is 26.8 Å². The Balaban J connectivity index is 3.72. The third-order valence-electron chi connectivity index (χ3n) is 2.12. The zero-order chi connectivity index (χ0) is 9.40. The van der Waals surface area contributed by atoms with E-state index in [9.17, 15) is 0 Å². The lowest BCUT2D eigenvalue weighted by atomic mass is 10.0. The highest BCUT2D eigenvalue weighted by molar-refractivity contribution is 5.08. The van der Waals surface area contributed by atoms with Gasteiger partial charge in [0.2, 0.25) is 0 Å². The quantitative estimate of drug-likeness (QED) is 0.479. The van der Waals surface area contributed by atoms with Gasteiger partial charge in [0, 0.05) is 6.04 Å². The Morgan fingerprint density at radius 1 is 1.33 bits per heavy atom. The first-order valence-corrected chi connectivity index (χ1v) is 5.16. The zero-order valence-electron chi connectivity index (χ0n) is 8.77. The summed E-state index contributed by atoms with van der Waals surface area (Å²) in [5.41, 5.74) is 7.27. The van der Waals surface area contributed by atoms with Crippen LogP contribution >= 0.6 is 0 Å². The minimum Gasteiger partial charge on any atom is -0.324 e. The second-order valence-electron chi connectivity index (χ2n) is 3.43. The summed E-state index contributed by atoms with van der Waals surface area (Å²) in [6.45, 7) is 6.48. The molecule has 1 atom stereocenters. The average Bonchev–Trinajstić information content (AvgIpc) is 2.03. The lowest BCUT2D eigenvalue weighted by molar-refractivity contribution is 0.675. The Kier molecular flexibility index (Phi) is 7.17. The fraction of sp³-hybridized carbons (Fsp3) is 0.818. The summed E-state index contributed by atoms with van der Waals surface area (Å²) >= 11 is 0. The van der Waals surface area contributed by atoms with Gasteiger partial charge in [0.25, 0.3) is 0 Å². The molecular formula is C11H23N. The predicted octanol–water partition coefficient (Wildman–Crippen LogP) is 3.25. The monoisotopic (exact) mass is 169 g/mol. The van der Waals surface area contributed by atoms with Gasteiger partial charge in [-0.25, -0.2) is 0 Å². The molecule has 0 spiro atoms. The molecule has 1 heteroatoms. The largest absolute Gasteiger partial charge is 0.324 e. The summed E-state index contributed by atoms with van der Waals surface area (Å²) in [6.07, 6.45) is 8.50. The molecule has 0 aromatic rings. The van der Waals surface area contributed by atoms with E-state index in [1.807, 2.05) is 0 Å². The molecule has 0 heterocycles. The van der Waals surface area contributed by atoms with E-state index in [1.165, 1.54) is 31.3 Å². The SMILES string of the molecule is CC/C=C(\CCCCC)C(C)N. The van der Waals surface area contributed by atoms with Gasteiger partial charge in [0.1, 0.15) is 0 Å². The van der Waals surface area contributed by atoms with E-state index in [1.54, 1.807) is 0 Å². The van der Waals surface area contributed by atoms with Crippen molar-refractivity contribution in [1.29, 1.82) is 0 Å². The molecule has 0 saturated carbocycles. The fourth-order valence-corrected chi connectivity index (χ4v) is 1.36. The van der Waals surface area contributed by atoms with Gasteiger partial charge in [-0.15, -0.1) is 0 Å². The highest BCUT2D eigenvalue weighted by Crippen LogP contribution is 2.12. The van der Waals surface area contributed by atoms with Crippen LogP contribution in [0.15, 0.2) is 11.6 Å². The number of unbranched alkanes of at least 4 members (excludes halogenated alkanes) is 2. The van der Waals surface area contributed by atoms with Crippen molar-refractivity contribution in [2.45, 2.75) is 58.9 Å². The van der Waals surface area contributed by atoms with Crippen LogP contribution in [0.25, 0.3) is 0 Å². The summed E-state index contributed by atoms with van der Waals surface area (Å²) in [5, 5.41) is 0. The van der Waals surface area contributed by atoms with Gasteiger partial charge < -0.3 is 5.73 Å². The van der Waals surface area contributed by atoms with Crippen molar-refractivity contribution in [3.63, 3.8) is 0 Å². The Bertz CT molecular complexity index is 125. The van der Waals surface area contributed by atoms with Gasteiger partial charge >= 0.3 is 0 Å². The summed E-state index contributed by atoms with van der Waals surface area (Å²) in [7, 11) is 0. The lowest BCUT2D eigenvalue weighted by Gasteiger charge is -2.10.